The van der Waals surface area contributed by atoms with Crippen LogP contribution in [0.1, 0.15) is 26.6 Å². The summed E-state index contributed by atoms with van der Waals surface area (Å²) in [6.45, 7) is 2.19. The summed E-state index contributed by atoms with van der Waals surface area (Å²) in [6.07, 6.45) is 0.179. The van der Waals surface area contributed by atoms with Gasteiger partial charge in [-0.15, -0.1) is 0 Å². The quantitative estimate of drug-likeness (QED) is 0.744. The molecule has 2 N–H and O–H groups in total. The molecular weight excluding hydrogens is 326 g/mol. The number of benzene rings is 1. The zero-order valence-electron chi connectivity index (χ0n) is 12.9. The summed E-state index contributed by atoms with van der Waals surface area (Å²) in [4.78, 5) is 32.6. The van der Waals surface area contributed by atoms with Crippen LogP contribution in [0.15, 0.2) is 36.4 Å². The first kappa shape index (κ1) is 16.1. The molecule has 1 aromatic carbocycles. The van der Waals surface area contributed by atoms with Crippen molar-refractivity contribution in [2.45, 2.75) is 19.9 Å². The van der Waals surface area contributed by atoms with Gasteiger partial charge < -0.3 is 10.4 Å². The number of aryl methyl sites for hydroxylation is 1. The molecular formula is C17H15N3O3S. The molecule has 0 saturated heterocycles. The number of hydrogen-bond donors (Lipinski definition) is 2. The lowest BCUT2D eigenvalue weighted by atomic mass is 10.1. The van der Waals surface area contributed by atoms with Crippen LogP contribution in [-0.2, 0) is 17.8 Å². The lowest BCUT2D eigenvalue weighted by Crippen LogP contribution is -2.24. The van der Waals surface area contributed by atoms with Gasteiger partial charge in [-0.05, 0) is 36.8 Å². The number of aromatic carboxylic acids is 1. The summed E-state index contributed by atoms with van der Waals surface area (Å²) in [5, 5.41) is 12.5. The normalized spacial score (nSPS) is 10.7. The minimum absolute atomic E-state index is 0.161. The molecule has 0 saturated carbocycles. The molecule has 0 aliphatic rings. The van der Waals surface area contributed by atoms with Crippen LogP contribution in [0.25, 0.3) is 10.3 Å². The SMILES string of the molecule is Cc1ccc2nc(CC(=O)NCc3cccc(C(=O)O)c3)sc2n1. The van der Waals surface area contributed by atoms with E-state index >= 15 is 0 Å². The minimum Gasteiger partial charge on any atom is -0.478 e. The van der Waals surface area contributed by atoms with E-state index in [0.717, 1.165) is 21.6 Å². The number of nitrogens with one attached hydrogen (secondary N) is 1. The smallest absolute Gasteiger partial charge is 0.335 e. The van der Waals surface area contributed by atoms with Gasteiger partial charge in [0.1, 0.15) is 15.4 Å². The number of carbonyl (C=O) groups is 2. The zero-order chi connectivity index (χ0) is 17.1. The molecule has 3 aromatic rings. The molecule has 0 aliphatic carbocycles. The summed E-state index contributed by atoms with van der Waals surface area (Å²) in [5.74, 6) is -1.15. The molecule has 0 spiro atoms. The van der Waals surface area contributed by atoms with E-state index in [2.05, 4.69) is 15.3 Å². The molecule has 24 heavy (non-hydrogen) atoms. The third kappa shape index (κ3) is 3.75. The molecule has 1 amide bonds. The number of hydrogen-bond acceptors (Lipinski definition) is 5. The highest BCUT2D eigenvalue weighted by atomic mass is 32.1. The second-order valence-corrected chi connectivity index (χ2v) is 6.41. The molecule has 0 bridgehead atoms. The van der Waals surface area contributed by atoms with Gasteiger partial charge in [-0.3, -0.25) is 4.79 Å². The monoisotopic (exact) mass is 341 g/mol. The summed E-state index contributed by atoms with van der Waals surface area (Å²) >= 11 is 1.41. The van der Waals surface area contributed by atoms with Crippen LogP contribution in [-0.4, -0.2) is 27.0 Å². The van der Waals surface area contributed by atoms with E-state index in [4.69, 9.17) is 5.11 Å². The largest absolute Gasteiger partial charge is 0.478 e. The van der Waals surface area contributed by atoms with Crippen molar-refractivity contribution in [2.75, 3.05) is 0 Å². The van der Waals surface area contributed by atoms with E-state index in [1.54, 1.807) is 18.2 Å². The van der Waals surface area contributed by atoms with Crippen LogP contribution in [0.3, 0.4) is 0 Å². The number of amides is 1. The van der Waals surface area contributed by atoms with Crippen molar-refractivity contribution in [3.8, 4) is 0 Å². The van der Waals surface area contributed by atoms with Crippen molar-refractivity contribution in [2.24, 2.45) is 0 Å². The van der Waals surface area contributed by atoms with Crippen LogP contribution in [0, 0.1) is 6.92 Å². The number of rotatable bonds is 5. The molecule has 0 fully saturated rings. The molecule has 7 heteroatoms. The van der Waals surface area contributed by atoms with E-state index < -0.39 is 5.97 Å². The van der Waals surface area contributed by atoms with E-state index in [0.29, 0.717) is 5.01 Å². The fraction of sp³-hybridized carbons (Fsp3) is 0.176. The van der Waals surface area contributed by atoms with Gasteiger partial charge in [0.2, 0.25) is 5.91 Å². The lowest BCUT2D eigenvalue weighted by molar-refractivity contribution is -0.120. The second-order valence-electron chi connectivity index (χ2n) is 5.34. The Labute approximate surface area is 142 Å². The van der Waals surface area contributed by atoms with Crippen molar-refractivity contribution in [1.29, 1.82) is 0 Å². The van der Waals surface area contributed by atoms with E-state index in [-0.39, 0.29) is 24.4 Å². The Bertz CT molecular complexity index is 920. The molecule has 122 valence electrons. The maximum absolute atomic E-state index is 12.1. The van der Waals surface area contributed by atoms with Crippen LogP contribution in [0.5, 0.6) is 0 Å². The third-order valence-corrected chi connectivity index (χ3v) is 4.38. The van der Waals surface area contributed by atoms with Crippen molar-refractivity contribution >= 4 is 33.6 Å². The Kier molecular flexibility index (Phi) is 4.52. The van der Waals surface area contributed by atoms with Gasteiger partial charge in [0.25, 0.3) is 0 Å². The molecule has 0 unspecified atom stereocenters. The predicted octanol–water partition coefficient (Wildman–Crippen LogP) is 2.56. The predicted molar refractivity (Wildman–Crippen MR) is 91.1 cm³/mol. The first-order chi connectivity index (χ1) is 11.5. The first-order valence-electron chi connectivity index (χ1n) is 7.33. The Morgan fingerprint density at radius 2 is 2.04 bits per heavy atom. The number of thiazole rings is 1. The van der Waals surface area contributed by atoms with Crippen molar-refractivity contribution < 1.29 is 14.7 Å². The number of carbonyl (C=O) groups excluding carboxylic acids is 1. The van der Waals surface area contributed by atoms with Gasteiger partial charge in [-0.1, -0.05) is 23.5 Å². The molecule has 2 heterocycles. The van der Waals surface area contributed by atoms with Gasteiger partial charge in [0, 0.05) is 12.2 Å². The molecule has 0 radical (unpaired) electrons. The minimum atomic E-state index is -0.986. The number of aromatic nitrogens is 2. The molecule has 2 aromatic heterocycles. The molecule has 0 aliphatic heterocycles. The number of pyridine rings is 1. The number of fused-ring (bicyclic) bond motifs is 1. The maximum atomic E-state index is 12.1. The first-order valence-corrected chi connectivity index (χ1v) is 8.15. The summed E-state index contributed by atoms with van der Waals surface area (Å²) in [5.41, 5.74) is 2.65. The van der Waals surface area contributed by atoms with E-state index in [1.165, 1.54) is 17.4 Å². The highest BCUT2D eigenvalue weighted by molar-refractivity contribution is 7.18. The average Bonchev–Trinajstić information content (AvgIpc) is 2.94. The summed E-state index contributed by atoms with van der Waals surface area (Å²) in [6, 6.07) is 10.3. The van der Waals surface area contributed by atoms with E-state index in [1.807, 2.05) is 19.1 Å². The van der Waals surface area contributed by atoms with Gasteiger partial charge >= 0.3 is 5.97 Å². The number of carboxylic acid groups (broad SMARTS) is 1. The third-order valence-electron chi connectivity index (χ3n) is 3.41. The fourth-order valence-corrected chi connectivity index (χ4v) is 3.22. The Hall–Kier alpha value is -2.80. The summed E-state index contributed by atoms with van der Waals surface area (Å²) in [7, 11) is 0. The molecule has 0 atom stereocenters. The Morgan fingerprint density at radius 1 is 1.21 bits per heavy atom. The zero-order valence-corrected chi connectivity index (χ0v) is 13.8. The van der Waals surface area contributed by atoms with Crippen LogP contribution < -0.4 is 5.32 Å². The van der Waals surface area contributed by atoms with Gasteiger partial charge in [-0.2, -0.15) is 0 Å². The topological polar surface area (TPSA) is 92.2 Å². The second kappa shape index (κ2) is 6.76. The van der Waals surface area contributed by atoms with Crippen LogP contribution >= 0.6 is 11.3 Å². The van der Waals surface area contributed by atoms with Crippen molar-refractivity contribution in [3.05, 3.63) is 58.2 Å². The highest BCUT2D eigenvalue weighted by Crippen LogP contribution is 2.20. The maximum Gasteiger partial charge on any atom is 0.335 e. The van der Waals surface area contributed by atoms with Gasteiger partial charge in [0.15, 0.2) is 0 Å². The number of nitrogens with zero attached hydrogens (tertiary/aromatic N) is 2. The molecule has 6 nitrogen and oxygen atoms in total. The Balaban J connectivity index is 1.62. The van der Waals surface area contributed by atoms with Crippen LogP contribution in [0.2, 0.25) is 0 Å². The van der Waals surface area contributed by atoms with Crippen molar-refractivity contribution in [3.63, 3.8) is 0 Å². The van der Waals surface area contributed by atoms with E-state index in [9.17, 15) is 9.59 Å². The van der Waals surface area contributed by atoms with Gasteiger partial charge in [0.05, 0.1) is 12.0 Å². The van der Waals surface area contributed by atoms with Gasteiger partial charge in [-0.25, -0.2) is 14.8 Å². The van der Waals surface area contributed by atoms with Crippen LogP contribution in [0.4, 0.5) is 0 Å². The standard InChI is InChI=1S/C17H15N3O3S/c1-10-5-6-13-16(19-10)24-15(20-13)8-14(21)18-9-11-3-2-4-12(7-11)17(22)23/h2-7H,8-9H2,1H3,(H,18,21)(H,22,23). The van der Waals surface area contributed by atoms with Crippen molar-refractivity contribution in [1.82, 2.24) is 15.3 Å². The Morgan fingerprint density at radius 3 is 2.83 bits per heavy atom. The fourth-order valence-electron chi connectivity index (χ4n) is 2.24. The lowest BCUT2D eigenvalue weighted by Gasteiger charge is -2.05. The summed E-state index contributed by atoms with van der Waals surface area (Å²) < 4.78 is 0. The average molecular weight is 341 g/mol. The number of carboxylic acids is 1. The highest BCUT2D eigenvalue weighted by Gasteiger charge is 2.10. The molecule has 3 rings (SSSR count).